The summed E-state index contributed by atoms with van der Waals surface area (Å²) < 4.78 is 57.3. The van der Waals surface area contributed by atoms with Gasteiger partial charge in [-0.15, -0.1) is 0 Å². The fourth-order valence-electron chi connectivity index (χ4n) is 2.11. The zero-order valence-electron chi connectivity index (χ0n) is 13.3. The van der Waals surface area contributed by atoms with Crippen LogP contribution in [0.1, 0.15) is 22.8 Å². The monoisotopic (exact) mass is 389 g/mol. The lowest BCUT2D eigenvalue weighted by Crippen LogP contribution is -2.23. The highest BCUT2D eigenvalue weighted by atomic mass is 35.5. The Hall–Kier alpha value is -2.61. The maximum Gasteiger partial charge on any atom is 0.418 e. The number of alkyl halides is 3. The first-order valence-corrected chi connectivity index (χ1v) is 7.56. The van der Waals surface area contributed by atoms with Gasteiger partial charge in [0.05, 0.1) is 21.8 Å². The number of amides is 1. The third kappa shape index (κ3) is 4.72. The van der Waals surface area contributed by atoms with Gasteiger partial charge in [-0.05, 0) is 37.3 Å². The second kappa shape index (κ2) is 7.74. The Bertz CT molecular complexity index is 852. The molecule has 2 aromatic rings. The van der Waals surface area contributed by atoms with Crippen LogP contribution in [0.15, 0.2) is 36.4 Å². The van der Waals surface area contributed by atoms with Gasteiger partial charge in [-0.1, -0.05) is 17.7 Å². The van der Waals surface area contributed by atoms with Crippen LogP contribution in [0.25, 0.3) is 0 Å². The molecule has 0 fully saturated rings. The molecule has 26 heavy (non-hydrogen) atoms. The average Bonchev–Trinajstić information content (AvgIpc) is 2.54. The summed E-state index contributed by atoms with van der Waals surface area (Å²) in [6, 6.07) is 6.18. The van der Waals surface area contributed by atoms with Crippen LogP contribution in [0.3, 0.4) is 0 Å². The van der Waals surface area contributed by atoms with Crippen LogP contribution < -0.4 is 10.1 Å². The van der Waals surface area contributed by atoms with Gasteiger partial charge in [0.2, 0.25) is 0 Å². The van der Waals surface area contributed by atoms with Crippen LogP contribution >= 0.6 is 11.6 Å². The quantitative estimate of drug-likeness (QED) is 0.594. The van der Waals surface area contributed by atoms with Gasteiger partial charge in [-0.2, -0.15) is 13.2 Å². The molecule has 0 spiro atoms. The Morgan fingerprint density at radius 2 is 1.88 bits per heavy atom. The minimum absolute atomic E-state index is 0.0655. The van der Waals surface area contributed by atoms with Gasteiger partial charge >= 0.3 is 6.18 Å². The highest BCUT2D eigenvalue weighted by molar-refractivity contribution is 6.34. The van der Waals surface area contributed by atoms with Crippen LogP contribution in [0, 0.1) is 5.82 Å². The van der Waals surface area contributed by atoms with Gasteiger partial charge in [0, 0.05) is 0 Å². The van der Waals surface area contributed by atoms with E-state index < -0.39 is 41.5 Å². The van der Waals surface area contributed by atoms with Crippen LogP contribution in [0.4, 0.5) is 23.2 Å². The van der Waals surface area contributed by atoms with Crippen molar-refractivity contribution in [1.29, 1.82) is 0 Å². The molecule has 0 heterocycles. The van der Waals surface area contributed by atoms with E-state index in [4.69, 9.17) is 16.3 Å². The number of ether oxygens (including phenoxy) is 1. The Balaban J connectivity index is 2.16. The summed E-state index contributed by atoms with van der Waals surface area (Å²) in [7, 11) is 0. The standard InChI is InChI=1S/C17H12ClF4NO3/c1-9(24)11-7-10(19)5-6-14(11)26-8-15(25)23-16-12(17(20,21)22)3-2-4-13(16)18/h2-7H,8H2,1H3,(H,23,25). The second-order valence-corrected chi connectivity index (χ2v) is 5.60. The van der Waals surface area contributed by atoms with E-state index in [0.717, 1.165) is 30.3 Å². The summed E-state index contributed by atoms with van der Waals surface area (Å²) in [6.45, 7) is 0.482. The van der Waals surface area contributed by atoms with Crippen LogP contribution in [0.5, 0.6) is 5.75 Å². The number of halogens is 5. The zero-order valence-corrected chi connectivity index (χ0v) is 14.0. The van der Waals surface area contributed by atoms with Crippen molar-refractivity contribution < 1.29 is 31.9 Å². The highest BCUT2D eigenvalue weighted by Gasteiger charge is 2.34. The fraction of sp³-hybridized carbons (Fsp3) is 0.176. The van der Waals surface area contributed by atoms with Gasteiger partial charge in [0.15, 0.2) is 12.4 Å². The van der Waals surface area contributed by atoms with Crippen molar-refractivity contribution in [1.82, 2.24) is 0 Å². The molecule has 0 aliphatic heterocycles. The van der Waals surface area contributed by atoms with Crippen molar-refractivity contribution in [3.63, 3.8) is 0 Å². The Morgan fingerprint density at radius 1 is 1.19 bits per heavy atom. The van der Waals surface area contributed by atoms with E-state index in [-0.39, 0.29) is 16.3 Å². The highest BCUT2D eigenvalue weighted by Crippen LogP contribution is 2.38. The molecule has 0 unspecified atom stereocenters. The zero-order chi connectivity index (χ0) is 19.5. The Kier molecular flexibility index (Phi) is 5.86. The molecule has 9 heteroatoms. The molecule has 2 rings (SSSR count). The van der Waals surface area contributed by atoms with E-state index >= 15 is 0 Å². The van der Waals surface area contributed by atoms with Crippen LogP contribution in [-0.4, -0.2) is 18.3 Å². The number of hydrogen-bond donors (Lipinski definition) is 1. The largest absolute Gasteiger partial charge is 0.483 e. The first-order valence-electron chi connectivity index (χ1n) is 7.18. The summed E-state index contributed by atoms with van der Waals surface area (Å²) in [4.78, 5) is 23.4. The van der Waals surface area contributed by atoms with Crippen molar-refractivity contribution in [3.05, 3.63) is 58.4 Å². The third-order valence-corrected chi connectivity index (χ3v) is 3.58. The van der Waals surface area contributed by atoms with Gasteiger partial charge in [0.25, 0.3) is 5.91 Å². The van der Waals surface area contributed by atoms with E-state index in [2.05, 4.69) is 0 Å². The molecule has 138 valence electrons. The number of benzene rings is 2. The molecule has 2 aromatic carbocycles. The molecule has 0 atom stereocenters. The molecule has 0 aliphatic carbocycles. The predicted octanol–water partition coefficient (Wildman–Crippen LogP) is 4.72. The number of carbonyl (C=O) groups is 2. The lowest BCUT2D eigenvalue weighted by Gasteiger charge is -2.15. The average molecular weight is 390 g/mol. The number of Topliss-reactive ketones (excluding diaryl/α,β-unsaturated/α-hetero) is 1. The molecule has 0 bridgehead atoms. The molecule has 4 nitrogen and oxygen atoms in total. The summed E-state index contributed by atoms with van der Waals surface area (Å²) in [5, 5.41) is 1.75. The molecule has 0 aromatic heterocycles. The normalized spacial score (nSPS) is 11.2. The molecule has 1 N–H and O–H groups in total. The van der Waals surface area contributed by atoms with Crippen molar-refractivity contribution in [3.8, 4) is 5.75 Å². The Morgan fingerprint density at radius 3 is 2.50 bits per heavy atom. The first-order chi connectivity index (χ1) is 12.1. The minimum Gasteiger partial charge on any atom is -0.483 e. The molecule has 0 saturated carbocycles. The summed E-state index contributed by atoms with van der Waals surface area (Å²) >= 11 is 5.74. The number of anilines is 1. The van der Waals surface area contributed by atoms with Crippen LogP contribution in [0.2, 0.25) is 5.02 Å². The predicted molar refractivity (Wildman–Crippen MR) is 87.0 cm³/mol. The maximum atomic E-state index is 13.2. The van der Waals surface area contributed by atoms with Gasteiger partial charge in [0.1, 0.15) is 11.6 Å². The second-order valence-electron chi connectivity index (χ2n) is 5.19. The number of carbonyl (C=O) groups excluding carboxylic acids is 2. The summed E-state index contributed by atoms with van der Waals surface area (Å²) in [5.41, 5.74) is -1.79. The van der Waals surface area contributed by atoms with Gasteiger partial charge < -0.3 is 10.1 Å². The Labute approximate surface area is 150 Å². The smallest absolute Gasteiger partial charge is 0.418 e. The maximum absolute atomic E-state index is 13.2. The topological polar surface area (TPSA) is 55.4 Å². The van der Waals surface area contributed by atoms with Gasteiger partial charge in [-0.25, -0.2) is 4.39 Å². The molecule has 1 amide bonds. The van der Waals surface area contributed by atoms with E-state index in [1.165, 1.54) is 13.0 Å². The number of hydrogen-bond acceptors (Lipinski definition) is 3. The van der Waals surface area contributed by atoms with Crippen molar-refractivity contribution in [2.24, 2.45) is 0 Å². The molecule has 0 saturated heterocycles. The van der Waals surface area contributed by atoms with E-state index in [9.17, 15) is 27.2 Å². The fourth-order valence-corrected chi connectivity index (χ4v) is 2.33. The van der Waals surface area contributed by atoms with Gasteiger partial charge in [-0.3, -0.25) is 9.59 Å². The lowest BCUT2D eigenvalue weighted by atomic mass is 10.1. The molecule has 0 radical (unpaired) electrons. The summed E-state index contributed by atoms with van der Waals surface area (Å²) in [5.74, 6) is -2.16. The minimum atomic E-state index is -4.72. The summed E-state index contributed by atoms with van der Waals surface area (Å²) in [6.07, 6.45) is -4.72. The van der Waals surface area contributed by atoms with E-state index in [1.807, 2.05) is 5.32 Å². The molecular formula is C17H12ClF4NO3. The van der Waals surface area contributed by atoms with E-state index in [0.29, 0.717) is 0 Å². The van der Waals surface area contributed by atoms with Crippen molar-refractivity contribution in [2.45, 2.75) is 13.1 Å². The number of para-hydroxylation sites is 1. The van der Waals surface area contributed by atoms with E-state index in [1.54, 1.807) is 0 Å². The first kappa shape index (κ1) is 19.7. The van der Waals surface area contributed by atoms with Crippen molar-refractivity contribution in [2.75, 3.05) is 11.9 Å². The molecular weight excluding hydrogens is 378 g/mol. The molecule has 0 aliphatic rings. The number of nitrogens with one attached hydrogen (secondary N) is 1. The number of rotatable bonds is 5. The SMILES string of the molecule is CC(=O)c1cc(F)ccc1OCC(=O)Nc1c(Cl)cccc1C(F)(F)F. The van der Waals surface area contributed by atoms with Crippen LogP contribution in [-0.2, 0) is 11.0 Å². The lowest BCUT2D eigenvalue weighted by molar-refractivity contribution is -0.137. The number of ketones is 1. The third-order valence-electron chi connectivity index (χ3n) is 3.26. The van der Waals surface area contributed by atoms with Crippen molar-refractivity contribution >= 4 is 29.0 Å².